The Bertz CT molecular complexity index is 1060. The topological polar surface area (TPSA) is 128 Å². The molecule has 1 aromatic heterocycles. The first-order valence-electron chi connectivity index (χ1n) is 7.81. The van der Waals surface area contributed by atoms with E-state index in [9.17, 15) is 4.79 Å². The van der Waals surface area contributed by atoms with Crippen LogP contribution in [0.15, 0.2) is 68.5 Å². The third-order valence-electron chi connectivity index (χ3n) is 3.56. The van der Waals surface area contributed by atoms with Gasteiger partial charge in [0.15, 0.2) is 11.7 Å². The lowest BCUT2D eigenvalue weighted by Crippen LogP contribution is -2.14. The minimum atomic E-state index is -0.545. The number of nitrogen functional groups attached to an aromatic ring is 1. The van der Waals surface area contributed by atoms with Crippen molar-refractivity contribution in [2.75, 3.05) is 5.73 Å². The van der Waals surface area contributed by atoms with E-state index in [0.717, 1.165) is 15.2 Å². The minimum Gasteiger partial charge on any atom is -0.382 e. The standard InChI is InChI=1S/C18H15BrN6O2/c1-10(26)27-25-17(20)11-3-6-14(7-4-11)23-24-16-15-8-13(19)5-2-12(15)9-22-18(16)21/h2-9H,1H3,(H2,20,25)(H2,21,22). The first kappa shape index (κ1) is 18.5. The number of nitrogens with two attached hydrogens (primary N) is 2. The Morgan fingerprint density at radius 3 is 2.59 bits per heavy atom. The summed E-state index contributed by atoms with van der Waals surface area (Å²) in [6.07, 6.45) is 1.69. The summed E-state index contributed by atoms with van der Waals surface area (Å²) in [4.78, 5) is 19.4. The second-order valence-corrected chi connectivity index (χ2v) is 6.45. The summed E-state index contributed by atoms with van der Waals surface area (Å²) >= 11 is 3.44. The summed E-state index contributed by atoms with van der Waals surface area (Å²) in [6.45, 7) is 1.24. The molecule has 2 aromatic carbocycles. The van der Waals surface area contributed by atoms with Crippen molar-refractivity contribution >= 4 is 55.7 Å². The third kappa shape index (κ3) is 4.45. The van der Waals surface area contributed by atoms with Crippen molar-refractivity contribution in [2.24, 2.45) is 21.1 Å². The second-order valence-electron chi connectivity index (χ2n) is 5.53. The Labute approximate surface area is 163 Å². The first-order chi connectivity index (χ1) is 12.9. The maximum Gasteiger partial charge on any atom is 0.332 e. The number of benzene rings is 2. The van der Waals surface area contributed by atoms with Crippen molar-refractivity contribution in [3.8, 4) is 0 Å². The minimum absolute atomic E-state index is 0.0843. The molecule has 0 fully saturated rings. The van der Waals surface area contributed by atoms with Crippen LogP contribution in [0.2, 0.25) is 0 Å². The Hall–Kier alpha value is -3.33. The number of rotatable bonds is 4. The molecule has 1 heterocycles. The van der Waals surface area contributed by atoms with Gasteiger partial charge in [0.25, 0.3) is 0 Å². The number of hydrogen-bond acceptors (Lipinski definition) is 7. The molecule has 9 heteroatoms. The van der Waals surface area contributed by atoms with Gasteiger partial charge in [0.05, 0.1) is 5.69 Å². The highest BCUT2D eigenvalue weighted by Gasteiger charge is 2.07. The molecule has 0 unspecified atom stereocenters. The van der Waals surface area contributed by atoms with Gasteiger partial charge in [0.2, 0.25) is 0 Å². The van der Waals surface area contributed by atoms with Crippen molar-refractivity contribution in [2.45, 2.75) is 6.92 Å². The van der Waals surface area contributed by atoms with E-state index in [1.807, 2.05) is 18.2 Å². The van der Waals surface area contributed by atoms with Crippen LogP contribution in [0.3, 0.4) is 0 Å². The number of pyridine rings is 1. The molecule has 8 nitrogen and oxygen atoms in total. The molecule has 0 saturated carbocycles. The number of carbonyl (C=O) groups excluding carboxylic acids is 1. The van der Waals surface area contributed by atoms with Crippen LogP contribution in [0.4, 0.5) is 17.2 Å². The third-order valence-corrected chi connectivity index (χ3v) is 4.05. The monoisotopic (exact) mass is 426 g/mol. The van der Waals surface area contributed by atoms with Crippen molar-refractivity contribution in [3.05, 3.63) is 58.7 Å². The van der Waals surface area contributed by atoms with E-state index in [4.69, 9.17) is 11.5 Å². The van der Waals surface area contributed by atoms with Gasteiger partial charge in [-0.2, -0.15) is 5.11 Å². The summed E-state index contributed by atoms with van der Waals surface area (Å²) in [5, 5.41) is 13.8. The summed E-state index contributed by atoms with van der Waals surface area (Å²) in [5.41, 5.74) is 13.4. The Balaban J connectivity index is 1.88. The number of carbonyl (C=O) groups is 1. The quantitative estimate of drug-likeness (QED) is 0.212. The van der Waals surface area contributed by atoms with E-state index in [-0.39, 0.29) is 5.84 Å². The highest BCUT2D eigenvalue weighted by molar-refractivity contribution is 9.10. The van der Waals surface area contributed by atoms with Crippen molar-refractivity contribution in [3.63, 3.8) is 0 Å². The van der Waals surface area contributed by atoms with Crippen LogP contribution in [-0.4, -0.2) is 16.8 Å². The molecule has 0 aliphatic carbocycles. The van der Waals surface area contributed by atoms with Gasteiger partial charge in [-0.15, -0.1) is 5.11 Å². The lowest BCUT2D eigenvalue weighted by molar-refractivity contribution is -0.140. The van der Waals surface area contributed by atoms with Gasteiger partial charge >= 0.3 is 5.97 Å². The maximum atomic E-state index is 10.8. The van der Waals surface area contributed by atoms with Gasteiger partial charge < -0.3 is 16.3 Å². The molecule has 0 aliphatic rings. The molecule has 0 saturated heterocycles. The van der Waals surface area contributed by atoms with E-state index in [0.29, 0.717) is 22.8 Å². The molecule has 0 spiro atoms. The Kier molecular flexibility index (Phi) is 5.41. The number of anilines is 1. The molecular formula is C18H15BrN6O2. The van der Waals surface area contributed by atoms with Gasteiger partial charge in [-0.25, -0.2) is 9.78 Å². The molecule has 136 valence electrons. The Morgan fingerprint density at radius 2 is 1.89 bits per heavy atom. The SMILES string of the molecule is CC(=O)O/N=C(/N)c1ccc(N=Nc2c(N)ncc3ccc(Br)cc23)cc1. The zero-order valence-electron chi connectivity index (χ0n) is 14.3. The van der Waals surface area contributed by atoms with E-state index >= 15 is 0 Å². The van der Waals surface area contributed by atoms with Crippen LogP contribution in [0, 0.1) is 0 Å². The normalized spacial score (nSPS) is 11.9. The lowest BCUT2D eigenvalue weighted by Gasteiger charge is -2.05. The number of amidine groups is 1. The van der Waals surface area contributed by atoms with E-state index in [2.05, 4.69) is 41.1 Å². The zero-order valence-corrected chi connectivity index (χ0v) is 15.8. The molecule has 0 bridgehead atoms. The number of fused-ring (bicyclic) bond motifs is 1. The fourth-order valence-corrected chi connectivity index (χ4v) is 2.62. The predicted molar refractivity (Wildman–Crippen MR) is 107 cm³/mol. The number of azo groups is 1. The van der Waals surface area contributed by atoms with E-state index in [1.165, 1.54) is 6.92 Å². The average Bonchev–Trinajstić information content (AvgIpc) is 2.65. The summed E-state index contributed by atoms with van der Waals surface area (Å²) in [5.74, 6) is -0.170. The van der Waals surface area contributed by atoms with Crippen LogP contribution in [0.5, 0.6) is 0 Å². The fraction of sp³-hybridized carbons (Fsp3) is 0.0556. The van der Waals surface area contributed by atoms with Crippen LogP contribution >= 0.6 is 15.9 Å². The predicted octanol–water partition coefficient (Wildman–Crippen LogP) is 4.18. The number of halogens is 1. The molecular weight excluding hydrogens is 412 g/mol. The molecule has 4 N–H and O–H groups in total. The lowest BCUT2D eigenvalue weighted by atomic mass is 10.1. The molecule has 0 amide bonds. The van der Waals surface area contributed by atoms with Gasteiger partial charge in [-0.1, -0.05) is 27.2 Å². The molecule has 0 atom stereocenters. The van der Waals surface area contributed by atoms with Crippen molar-refractivity contribution in [1.82, 2.24) is 4.98 Å². The fourth-order valence-electron chi connectivity index (χ4n) is 2.26. The van der Waals surface area contributed by atoms with Crippen LogP contribution < -0.4 is 11.5 Å². The number of aromatic nitrogens is 1. The average molecular weight is 427 g/mol. The first-order valence-corrected chi connectivity index (χ1v) is 8.60. The molecule has 0 aliphatic heterocycles. The van der Waals surface area contributed by atoms with E-state index in [1.54, 1.807) is 30.5 Å². The molecule has 3 rings (SSSR count). The largest absolute Gasteiger partial charge is 0.382 e. The van der Waals surface area contributed by atoms with Crippen molar-refractivity contribution in [1.29, 1.82) is 0 Å². The van der Waals surface area contributed by atoms with Gasteiger partial charge in [0.1, 0.15) is 5.69 Å². The van der Waals surface area contributed by atoms with Crippen LogP contribution in [0.25, 0.3) is 10.8 Å². The van der Waals surface area contributed by atoms with Gasteiger partial charge in [-0.3, -0.25) is 0 Å². The van der Waals surface area contributed by atoms with Crippen LogP contribution in [-0.2, 0) is 9.63 Å². The van der Waals surface area contributed by atoms with Crippen molar-refractivity contribution < 1.29 is 9.63 Å². The van der Waals surface area contributed by atoms with Gasteiger partial charge in [0, 0.05) is 33.9 Å². The number of nitrogens with zero attached hydrogens (tertiary/aromatic N) is 4. The second kappa shape index (κ2) is 7.92. The zero-order chi connectivity index (χ0) is 19.4. The maximum absolute atomic E-state index is 10.8. The van der Waals surface area contributed by atoms with E-state index < -0.39 is 5.97 Å². The molecule has 3 aromatic rings. The number of oxime groups is 1. The molecule has 0 radical (unpaired) electrons. The summed E-state index contributed by atoms with van der Waals surface area (Å²) in [6, 6.07) is 12.6. The highest BCUT2D eigenvalue weighted by Crippen LogP contribution is 2.33. The highest BCUT2D eigenvalue weighted by atomic mass is 79.9. The summed E-state index contributed by atoms with van der Waals surface area (Å²) < 4.78 is 0.906. The van der Waals surface area contributed by atoms with Gasteiger partial charge in [-0.05, 0) is 36.4 Å². The molecule has 27 heavy (non-hydrogen) atoms. The summed E-state index contributed by atoms with van der Waals surface area (Å²) in [7, 11) is 0. The number of hydrogen-bond donors (Lipinski definition) is 2. The smallest absolute Gasteiger partial charge is 0.332 e. The Morgan fingerprint density at radius 1 is 1.15 bits per heavy atom. The van der Waals surface area contributed by atoms with Crippen LogP contribution in [0.1, 0.15) is 12.5 Å².